The van der Waals surface area contributed by atoms with Gasteiger partial charge in [0.05, 0.1) is 9.89 Å². The molecule has 2 N–H and O–H groups in total. The highest BCUT2D eigenvalue weighted by atomic mass is 79.9. The highest BCUT2D eigenvalue weighted by Crippen LogP contribution is 2.32. The average molecular weight is 397 g/mol. The van der Waals surface area contributed by atoms with Crippen LogP contribution in [0.25, 0.3) is 0 Å². The molecule has 1 aliphatic carbocycles. The Kier molecular flexibility index (Phi) is 6.22. The number of halogens is 1. The molecule has 0 aliphatic heterocycles. The fourth-order valence-electron chi connectivity index (χ4n) is 2.46. The van der Waals surface area contributed by atoms with Crippen molar-refractivity contribution < 1.29 is 13.2 Å². The highest BCUT2D eigenvalue weighted by molar-refractivity contribution is 9.11. The van der Waals surface area contributed by atoms with Crippen LogP contribution in [-0.2, 0) is 21.3 Å². The molecule has 0 bridgehead atoms. The number of hydrogen-bond acceptors (Lipinski definition) is 5. The molecule has 120 valence electrons. The zero-order valence-electron chi connectivity index (χ0n) is 12.2. The van der Waals surface area contributed by atoms with Gasteiger partial charge in [0.1, 0.15) is 4.90 Å². The van der Waals surface area contributed by atoms with Gasteiger partial charge in [0.2, 0.25) is 10.0 Å². The first kappa shape index (κ1) is 17.4. The molecule has 0 amide bonds. The van der Waals surface area contributed by atoms with Gasteiger partial charge in [-0.1, -0.05) is 6.92 Å². The summed E-state index contributed by atoms with van der Waals surface area (Å²) in [5, 5.41) is 3.20. The van der Waals surface area contributed by atoms with Crippen LogP contribution < -0.4 is 10.0 Å². The normalized spacial score (nSPS) is 22.8. The van der Waals surface area contributed by atoms with Gasteiger partial charge in [-0.15, -0.1) is 11.3 Å². The van der Waals surface area contributed by atoms with Gasteiger partial charge in [0.15, 0.2) is 0 Å². The number of rotatable bonds is 7. The number of ether oxygens (including phenoxy) is 1. The van der Waals surface area contributed by atoms with Crippen LogP contribution in [-0.4, -0.2) is 34.2 Å². The van der Waals surface area contributed by atoms with Crippen molar-refractivity contribution in [1.29, 1.82) is 0 Å². The summed E-state index contributed by atoms with van der Waals surface area (Å²) in [4.78, 5) is 1.34. The minimum atomic E-state index is -3.48. The van der Waals surface area contributed by atoms with E-state index in [1.54, 1.807) is 13.2 Å². The molecule has 1 heterocycles. The minimum Gasteiger partial charge on any atom is -0.381 e. The summed E-state index contributed by atoms with van der Waals surface area (Å²) >= 11 is 4.82. The summed E-state index contributed by atoms with van der Waals surface area (Å²) in [6, 6.07) is 1.70. The number of thiophene rings is 1. The first-order valence-electron chi connectivity index (χ1n) is 7.00. The third-order valence-electron chi connectivity index (χ3n) is 3.58. The molecule has 2 unspecified atom stereocenters. The molecule has 1 aromatic heterocycles. The maximum Gasteiger partial charge on any atom is 0.242 e. The molecule has 8 heteroatoms. The summed E-state index contributed by atoms with van der Waals surface area (Å²) in [7, 11) is -1.81. The van der Waals surface area contributed by atoms with Crippen LogP contribution in [0.4, 0.5) is 0 Å². The molecular formula is C13H21BrN2O3S2. The molecule has 0 saturated heterocycles. The van der Waals surface area contributed by atoms with Gasteiger partial charge in [-0.2, -0.15) is 0 Å². The van der Waals surface area contributed by atoms with Gasteiger partial charge < -0.3 is 10.1 Å². The topological polar surface area (TPSA) is 67.4 Å². The lowest BCUT2D eigenvalue weighted by Crippen LogP contribution is -2.33. The van der Waals surface area contributed by atoms with E-state index in [0.717, 1.165) is 30.7 Å². The molecule has 2 rings (SSSR count). The van der Waals surface area contributed by atoms with Crippen LogP contribution in [0.2, 0.25) is 0 Å². The molecule has 0 aromatic carbocycles. The lowest BCUT2D eigenvalue weighted by Gasteiger charge is -2.12. The molecule has 21 heavy (non-hydrogen) atoms. The number of hydrogen-bond donors (Lipinski definition) is 2. The Balaban J connectivity index is 2.07. The predicted octanol–water partition coefficient (Wildman–Crippen LogP) is 2.47. The zero-order valence-corrected chi connectivity index (χ0v) is 15.4. The van der Waals surface area contributed by atoms with Gasteiger partial charge in [-0.05, 0) is 47.8 Å². The Morgan fingerprint density at radius 1 is 1.48 bits per heavy atom. The van der Waals surface area contributed by atoms with Gasteiger partial charge in [0.25, 0.3) is 0 Å². The van der Waals surface area contributed by atoms with Crippen molar-refractivity contribution in [1.82, 2.24) is 10.0 Å². The summed E-state index contributed by atoms with van der Waals surface area (Å²) in [5.74, 6) is 0. The van der Waals surface area contributed by atoms with E-state index < -0.39 is 10.0 Å². The molecule has 0 radical (unpaired) electrons. The first-order chi connectivity index (χ1) is 9.96. The van der Waals surface area contributed by atoms with Crippen molar-refractivity contribution in [2.24, 2.45) is 0 Å². The van der Waals surface area contributed by atoms with Crippen LogP contribution in [0.5, 0.6) is 0 Å². The van der Waals surface area contributed by atoms with Gasteiger partial charge >= 0.3 is 0 Å². The fourth-order valence-corrected chi connectivity index (χ4v) is 6.40. The predicted molar refractivity (Wildman–Crippen MR) is 88.2 cm³/mol. The lowest BCUT2D eigenvalue weighted by atomic mass is 10.3. The van der Waals surface area contributed by atoms with Crippen molar-refractivity contribution in [2.45, 2.75) is 49.8 Å². The van der Waals surface area contributed by atoms with Crippen molar-refractivity contribution in [3.8, 4) is 0 Å². The van der Waals surface area contributed by atoms with Crippen molar-refractivity contribution in [3.63, 3.8) is 0 Å². The van der Waals surface area contributed by atoms with Gasteiger partial charge in [0, 0.05) is 24.6 Å². The third-order valence-corrected chi connectivity index (χ3v) is 7.36. The second-order valence-electron chi connectivity index (χ2n) is 5.12. The summed E-state index contributed by atoms with van der Waals surface area (Å²) in [6.45, 7) is 3.56. The molecule has 1 aromatic rings. The van der Waals surface area contributed by atoms with Crippen LogP contribution in [0.15, 0.2) is 14.7 Å². The molecule has 0 spiro atoms. The zero-order chi connectivity index (χ0) is 15.5. The summed E-state index contributed by atoms with van der Waals surface area (Å²) < 4.78 is 33.7. The van der Waals surface area contributed by atoms with E-state index in [1.807, 2.05) is 6.92 Å². The molecule has 1 fully saturated rings. The number of nitrogens with one attached hydrogen (secondary N) is 2. The Hall–Kier alpha value is 0.01000. The van der Waals surface area contributed by atoms with Gasteiger partial charge in [-0.25, -0.2) is 13.1 Å². The van der Waals surface area contributed by atoms with E-state index in [0.29, 0.717) is 15.2 Å². The van der Waals surface area contributed by atoms with Crippen LogP contribution >= 0.6 is 27.3 Å². The Morgan fingerprint density at radius 2 is 2.24 bits per heavy atom. The Bertz CT molecular complexity index is 574. The molecule has 1 aliphatic rings. The number of methoxy groups -OCH3 is 1. The second-order valence-corrected chi connectivity index (χ2v) is 9.26. The van der Waals surface area contributed by atoms with Crippen LogP contribution in [0, 0.1) is 0 Å². The maximum absolute atomic E-state index is 12.5. The molecule has 1 saturated carbocycles. The third kappa shape index (κ3) is 4.49. The number of sulfonamides is 1. The van der Waals surface area contributed by atoms with E-state index in [-0.39, 0.29) is 12.1 Å². The van der Waals surface area contributed by atoms with Crippen molar-refractivity contribution in [2.75, 3.05) is 13.7 Å². The van der Waals surface area contributed by atoms with Crippen LogP contribution in [0.3, 0.4) is 0 Å². The summed E-state index contributed by atoms with van der Waals surface area (Å²) in [5.41, 5.74) is 0. The van der Waals surface area contributed by atoms with E-state index in [4.69, 9.17) is 4.74 Å². The standard InChI is InChI=1S/C13H21BrN2O3S2/c1-3-15-8-11-7-12(13(14)20-11)21(17,18)16-9-4-5-10(6-9)19-2/h7,9-10,15-16H,3-6,8H2,1-2H3. The quantitative estimate of drug-likeness (QED) is 0.742. The fraction of sp³-hybridized carbons (Fsp3) is 0.692. The molecule has 5 nitrogen and oxygen atoms in total. The van der Waals surface area contributed by atoms with Gasteiger partial charge in [-0.3, -0.25) is 0 Å². The average Bonchev–Trinajstić information content (AvgIpc) is 3.02. The Morgan fingerprint density at radius 3 is 2.86 bits per heavy atom. The molecule has 2 atom stereocenters. The Labute approximate surface area is 138 Å². The van der Waals surface area contributed by atoms with E-state index in [1.165, 1.54) is 11.3 Å². The minimum absolute atomic E-state index is 0.0380. The smallest absolute Gasteiger partial charge is 0.242 e. The SMILES string of the molecule is CCNCc1cc(S(=O)(=O)NC2CCC(OC)C2)c(Br)s1. The highest BCUT2D eigenvalue weighted by Gasteiger charge is 2.30. The van der Waals surface area contributed by atoms with Crippen LogP contribution in [0.1, 0.15) is 31.1 Å². The lowest BCUT2D eigenvalue weighted by molar-refractivity contribution is 0.107. The molecular weight excluding hydrogens is 376 g/mol. The van der Waals surface area contributed by atoms with Crippen molar-refractivity contribution in [3.05, 3.63) is 14.7 Å². The second kappa shape index (κ2) is 7.52. The monoisotopic (exact) mass is 396 g/mol. The van der Waals surface area contributed by atoms with E-state index >= 15 is 0 Å². The summed E-state index contributed by atoms with van der Waals surface area (Å²) in [6.07, 6.45) is 2.62. The maximum atomic E-state index is 12.5. The van der Waals surface area contributed by atoms with E-state index in [2.05, 4.69) is 26.0 Å². The van der Waals surface area contributed by atoms with Crippen molar-refractivity contribution >= 4 is 37.3 Å². The van der Waals surface area contributed by atoms with E-state index in [9.17, 15) is 8.42 Å². The first-order valence-corrected chi connectivity index (χ1v) is 10.1. The largest absolute Gasteiger partial charge is 0.381 e.